The highest BCUT2D eigenvalue weighted by Crippen LogP contribution is 2.41. The second-order valence-electron chi connectivity index (χ2n) is 6.16. The minimum absolute atomic E-state index is 0.111. The standard InChI is InChI=1S/C16H16N4O3/c21-16(22)20-10-1-2-11(20)12-8-23-15-13-9(4-6-18-15)3-5-17-14(13)19(12)7-10/h1-3,5,7,11-12,15,18H,4,6,8H2,(H,21,22). The number of carboxylic acid groups (broad SMARTS) is 1. The summed E-state index contributed by atoms with van der Waals surface area (Å²) in [5.41, 5.74) is 3.01. The Balaban J connectivity index is 1.67. The van der Waals surface area contributed by atoms with Crippen LogP contribution < -0.4 is 10.2 Å². The highest BCUT2D eigenvalue weighted by molar-refractivity contribution is 5.73. The average Bonchev–Trinajstić information content (AvgIpc) is 2.79. The molecular formula is C16H16N4O3. The van der Waals surface area contributed by atoms with E-state index in [1.165, 1.54) is 10.5 Å². The Morgan fingerprint density at radius 2 is 2.39 bits per heavy atom. The normalized spacial score (nSPS) is 30.4. The van der Waals surface area contributed by atoms with Gasteiger partial charge in [-0.25, -0.2) is 9.78 Å². The predicted octanol–water partition coefficient (Wildman–Crippen LogP) is 1.20. The molecule has 0 aliphatic carbocycles. The van der Waals surface area contributed by atoms with Crippen molar-refractivity contribution in [2.75, 3.05) is 18.1 Å². The lowest BCUT2D eigenvalue weighted by Crippen LogP contribution is -2.54. The molecule has 0 saturated carbocycles. The van der Waals surface area contributed by atoms with Gasteiger partial charge in [0.05, 0.1) is 24.4 Å². The summed E-state index contributed by atoms with van der Waals surface area (Å²) >= 11 is 0. The van der Waals surface area contributed by atoms with E-state index in [1.54, 1.807) is 0 Å². The lowest BCUT2D eigenvalue weighted by Gasteiger charge is -2.40. The first-order valence-corrected chi connectivity index (χ1v) is 7.77. The van der Waals surface area contributed by atoms with Gasteiger partial charge in [0.25, 0.3) is 0 Å². The van der Waals surface area contributed by atoms with Crippen molar-refractivity contribution in [1.82, 2.24) is 15.2 Å². The molecule has 0 fully saturated rings. The summed E-state index contributed by atoms with van der Waals surface area (Å²) in [6, 6.07) is 1.69. The van der Waals surface area contributed by atoms with Gasteiger partial charge in [-0.15, -0.1) is 0 Å². The molecule has 0 saturated heterocycles. The van der Waals surface area contributed by atoms with E-state index in [4.69, 9.17) is 4.74 Å². The van der Waals surface area contributed by atoms with Crippen molar-refractivity contribution in [3.63, 3.8) is 0 Å². The van der Waals surface area contributed by atoms with Gasteiger partial charge in [-0.1, -0.05) is 6.08 Å². The molecule has 0 spiro atoms. The number of allylic oxidation sites excluding steroid dienone is 1. The van der Waals surface area contributed by atoms with Gasteiger partial charge in [-0.3, -0.25) is 10.2 Å². The van der Waals surface area contributed by atoms with Crippen LogP contribution in [0.2, 0.25) is 0 Å². The van der Waals surface area contributed by atoms with Crippen molar-refractivity contribution >= 4 is 11.9 Å². The molecule has 1 aromatic rings. The first-order valence-electron chi connectivity index (χ1n) is 7.77. The highest BCUT2D eigenvalue weighted by atomic mass is 16.5. The van der Waals surface area contributed by atoms with Crippen LogP contribution >= 0.6 is 0 Å². The van der Waals surface area contributed by atoms with Crippen LogP contribution in [0.1, 0.15) is 17.4 Å². The van der Waals surface area contributed by atoms with E-state index < -0.39 is 6.09 Å². The maximum atomic E-state index is 11.6. The molecule has 7 heteroatoms. The average molecular weight is 312 g/mol. The second kappa shape index (κ2) is 4.56. The summed E-state index contributed by atoms with van der Waals surface area (Å²) in [5, 5.41) is 12.9. The molecule has 3 unspecified atom stereocenters. The number of pyridine rings is 1. The van der Waals surface area contributed by atoms with E-state index in [0.29, 0.717) is 12.3 Å². The predicted molar refractivity (Wildman–Crippen MR) is 81.8 cm³/mol. The number of fused-ring (bicyclic) bond motifs is 5. The zero-order valence-electron chi connectivity index (χ0n) is 12.3. The number of hydrogen-bond acceptors (Lipinski definition) is 5. The molecule has 5 rings (SSSR count). The van der Waals surface area contributed by atoms with Gasteiger partial charge < -0.3 is 14.7 Å². The third kappa shape index (κ3) is 1.71. The number of anilines is 1. The maximum absolute atomic E-state index is 11.6. The van der Waals surface area contributed by atoms with E-state index in [9.17, 15) is 9.90 Å². The van der Waals surface area contributed by atoms with Gasteiger partial charge in [-0.2, -0.15) is 0 Å². The Bertz CT molecular complexity index is 760. The number of carbonyl (C=O) groups is 1. The first kappa shape index (κ1) is 13.1. The number of nitrogens with one attached hydrogen (secondary N) is 1. The summed E-state index contributed by atoms with van der Waals surface area (Å²) in [6.07, 6.45) is 7.34. The number of rotatable bonds is 0. The summed E-state index contributed by atoms with van der Waals surface area (Å²) in [7, 11) is 0. The zero-order valence-corrected chi connectivity index (χ0v) is 12.3. The fourth-order valence-electron chi connectivity index (χ4n) is 3.97. The molecule has 4 aliphatic heterocycles. The maximum Gasteiger partial charge on any atom is 0.412 e. The third-order valence-electron chi connectivity index (χ3n) is 4.99. The van der Waals surface area contributed by atoms with Crippen LogP contribution in [-0.4, -0.2) is 46.3 Å². The zero-order chi connectivity index (χ0) is 15.6. The minimum Gasteiger partial charge on any atom is -0.465 e. The molecule has 23 heavy (non-hydrogen) atoms. The van der Waals surface area contributed by atoms with Crippen LogP contribution in [0.3, 0.4) is 0 Å². The molecule has 0 aromatic carbocycles. The van der Waals surface area contributed by atoms with Crippen LogP contribution in [0.4, 0.5) is 10.6 Å². The Hall–Kier alpha value is -2.38. The van der Waals surface area contributed by atoms with Crippen molar-refractivity contribution in [3.05, 3.63) is 47.4 Å². The molecule has 118 valence electrons. The van der Waals surface area contributed by atoms with Crippen LogP contribution in [-0.2, 0) is 11.2 Å². The third-order valence-corrected chi connectivity index (χ3v) is 4.99. The largest absolute Gasteiger partial charge is 0.465 e. The monoisotopic (exact) mass is 312 g/mol. The Morgan fingerprint density at radius 1 is 1.48 bits per heavy atom. The molecule has 1 amide bonds. The van der Waals surface area contributed by atoms with Crippen molar-refractivity contribution in [1.29, 1.82) is 0 Å². The Labute approximate surface area is 132 Å². The van der Waals surface area contributed by atoms with E-state index >= 15 is 0 Å². The van der Waals surface area contributed by atoms with E-state index in [1.807, 2.05) is 30.6 Å². The fourth-order valence-corrected chi connectivity index (χ4v) is 3.97. The van der Waals surface area contributed by atoms with Gasteiger partial charge in [0.2, 0.25) is 0 Å². The van der Waals surface area contributed by atoms with Crippen LogP contribution in [0.5, 0.6) is 0 Å². The van der Waals surface area contributed by atoms with Gasteiger partial charge >= 0.3 is 6.09 Å². The second-order valence-corrected chi connectivity index (χ2v) is 6.16. The first-order chi connectivity index (χ1) is 11.2. The topological polar surface area (TPSA) is 77.9 Å². The molecule has 5 heterocycles. The number of amides is 1. The molecular weight excluding hydrogens is 296 g/mol. The van der Waals surface area contributed by atoms with Gasteiger partial charge in [-0.05, 0) is 24.1 Å². The number of ether oxygens (including phenoxy) is 1. The van der Waals surface area contributed by atoms with Gasteiger partial charge in [0.15, 0.2) is 0 Å². The lowest BCUT2D eigenvalue weighted by atomic mass is 10.00. The van der Waals surface area contributed by atoms with Gasteiger partial charge in [0.1, 0.15) is 12.0 Å². The fraction of sp³-hybridized carbons (Fsp3) is 0.375. The van der Waals surface area contributed by atoms with Crippen molar-refractivity contribution < 1.29 is 14.6 Å². The molecule has 2 N–H and O–H groups in total. The summed E-state index contributed by atoms with van der Waals surface area (Å²) in [6.45, 7) is 1.31. The Morgan fingerprint density at radius 3 is 3.26 bits per heavy atom. The van der Waals surface area contributed by atoms with Crippen LogP contribution in [0, 0.1) is 0 Å². The lowest BCUT2D eigenvalue weighted by molar-refractivity contribution is 0.0143. The van der Waals surface area contributed by atoms with Gasteiger partial charge in [0, 0.05) is 24.5 Å². The summed E-state index contributed by atoms with van der Waals surface area (Å²) in [4.78, 5) is 19.6. The smallest absolute Gasteiger partial charge is 0.412 e. The van der Waals surface area contributed by atoms with Crippen molar-refractivity contribution in [2.24, 2.45) is 0 Å². The molecule has 2 bridgehead atoms. The molecule has 4 aliphatic rings. The molecule has 0 radical (unpaired) electrons. The number of hydrogen-bond donors (Lipinski definition) is 2. The van der Waals surface area contributed by atoms with E-state index in [2.05, 4.69) is 15.2 Å². The SMILES string of the molecule is O=C(O)N1C2=CN3c4nccc5c4C(NCC5)OCC3C1C=C2. The summed E-state index contributed by atoms with van der Waals surface area (Å²) < 4.78 is 6.08. The van der Waals surface area contributed by atoms with E-state index in [0.717, 1.165) is 24.3 Å². The molecule has 3 atom stereocenters. The van der Waals surface area contributed by atoms with Crippen LogP contribution in [0.15, 0.2) is 36.3 Å². The molecule has 1 aromatic heterocycles. The minimum atomic E-state index is -0.934. The van der Waals surface area contributed by atoms with Crippen LogP contribution in [0.25, 0.3) is 0 Å². The van der Waals surface area contributed by atoms with E-state index in [-0.39, 0.29) is 18.3 Å². The Kier molecular flexibility index (Phi) is 2.60. The number of aromatic nitrogens is 1. The number of nitrogens with zero attached hydrogens (tertiary/aromatic N) is 3. The quantitative estimate of drug-likeness (QED) is 0.750. The van der Waals surface area contributed by atoms with Crippen molar-refractivity contribution in [3.8, 4) is 0 Å². The summed E-state index contributed by atoms with van der Waals surface area (Å²) in [5.74, 6) is 0.874. The van der Waals surface area contributed by atoms with Crippen molar-refractivity contribution in [2.45, 2.75) is 24.7 Å². The molecule has 7 nitrogen and oxygen atoms in total. The highest BCUT2D eigenvalue weighted by Gasteiger charge is 2.45.